The summed E-state index contributed by atoms with van der Waals surface area (Å²) >= 11 is 2.48. The monoisotopic (exact) mass is 469 g/mol. The van der Waals surface area contributed by atoms with Crippen LogP contribution in [-0.4, -0.2) is 69.9 Å². The lowest BCUT2D eigenvalue weighted by Crippen LogP contribution is -2.70. The Hall–Kier alpha value is -3.13. The predicted molar refractivity (Wildman–Crippen MR) is 110 cm³/mol. The van der Waals surface area contributed by atoms with E-state index in [0.717, 1.165) is 11.3 Å². The van der Waals surface area contributed by atoms with Crippen LogP contribution < -0.4 is 11.1 Å². The van der Waals surface area contributed by atoms with Gasteiger partial charge in [-0.3, -0.25) is 19.3 Å². The Balaban J connectivity index is 1.68. The van der Waals surface area contributed by atoms with Crippen LogP contribution >= 0.6 is 23.1 Å². The summed E-state index contributed by atoms with van der Waals surface area (Å²) in [5.41, 5.74) is 5.71. The van der Waals surface area contributed by atoms with Gasteiger partial charge in [-0.25, -0.2) is 9.78 Å². The molecule has 3 heterocycles. The van der Waals surface area contributed by atoms with Gasteiger partial charge >= 0.3 is 11.9 Å². The van der Waals surface area contributed by atoms with Gasteiger partial charge in [-0.1, -0.05) is 5.16 Å². The number of fused-ring (bicyclic) bond motifs is 1. The van der Waals surface area contributed by atoms with Crippen molar-refractivity contribution in [3.05, 3.63) is 22.8 Å². The lowest BCUT2D eigenvalue weighted by atomic mass is 10.0. The topological polar surface area (TPSA) is 163 Å². The summed E-state index contributed by atoms with van der Waals surface area (Å²) in [7, 11) is 1.27. The Kier molecular flexibility index (Phi) is 6.80. The molecule has 1 aromatic heterocycles. The normalized spacial score (nSPS) is 21.3. The highest BCUT2D eigenvalue weighted by Crippen LogP contribution is 2.38. The van der Waals surface area contributed by atoms with Crippen LogP contribution in [0.15, 0.2) is 22.3 Å². The van der Waals surface area contributed by atoms with E-state index in [1.54, 1.807) is 0 Å². The number of rotatable bonds is 7. The fraction of sp³-hybridized carbons (Fsp3) is 0.412. The molecule has 2 aliphatic rings. The van der Waals surface area contributed by atoms with Crippen molar-refractivity contribution in [2.75, 3.05) is 18.6 Å². The van der Waals surface area contributed by atoms with Crippen molar-refractivity contribution in [1.29, 1.82) is 0 Å². The van der Waals surface area contributed by atoms with Gasteiger partial charge in [-0.15, -0.1) is 23.1 Å². The van der Waals surface area contributed by atoms with Gasteiger partial charge in [0, 0.05) is 25.0 Å². The van der Waals surface area contributed by atoms with Crippen molar-refractivity contribution in [2.24, 2.45) is 5.16 Å². The average molecular weight is 470 g/mol. The number of nitrogens with two attached hydrogens (primary N) is 1. The maximum atomic E-state index is 12.7. The average Bonchev–Trinajstić information content (AvgIpc) is 3.14. The number of nitrogens with zero attached hydrogens (tertiary/aromatic N) is 3. The highest BCUT2D eigenvalue weighted by atomic mass is 32.2. The van der Waals surface area contributed by atoms with Crippen molar-refractivity contribution < 1.29 is 33.5 Å². The quantitative estimate of drug-likeness (QED) is 0.180. The van der Waals surface area contributed by atoms with E-state index >= 15 is 0 Å². The first-order chi connectivity index (χ1) is 14.7. The number of β-lactam (4-membered cyclic amide) rings is 1. The van der Waals surface area contributed by atoms with Gasteiger partial charge < -0.3 is 25.4 Å². The van der Waals surface area contributed by atoms with Gasteiger partial charge in [0.1, 0.15) is 29.9 Å². The van der Waals surface area contributed by atoms with Crippen LogP contribution in [0.3, 0.4) is 0 Å². The van der Waals surface area contributed by atoms with Crippen LogP contribution in [0.2, 0.25) is 0 Å². The molecule has 14 heteroatoms. The number of hydrogen-bond donors (Lipinski definition) is 2. The van der Waals surface area contributed by atoms with Crippen LogP contribution in [0.4, 0.5) is 5.13 Å². The molecular weight excluding hydrogens is 450 g/mol. The Morgan fingerprint density at radius 2 is 2.13 bits per heavy atom. The number of carbonyl (C=O) groups excluding carboxylic acids is 4. The van der Waals surface area contributed by atoms with Crippen molar-refractivity contribution in [1.82, 2.24) is 15.2 Å². The fourth-order valence-corrected chi connectivity index (χ4v) is 4.64. The molecule has 3 N–H and O–H groups in total. The van der Waals surface area contributed by atoms with Gasteiger partial charge in [-0.05, 0) is 6.08 Å². The fourth-order valence-electron chi connectivity index (χ4n) is 2.90. The maximum Gasteiger partial charge on any atom is 0.357 e. The van der Waals surface area contributed by atoms with Gasteiger partial charge in [-0.2, -0.15) is 0 Å². The number of anilines is 1. The zero-order valence-electron chi connectivity index (χ0n) is 16.7. The highest BCUT2D eigenvalue weighted by molar-refractivity contribution is 8.00. The Morgan fingerprint density at radius 3 is 2.74 bits per heavy atom. The van der Waals surface area contributed by atoms with Gasteiger partial charge in [0.15, 0.2) is 10.8 Å². The molecule has 0 aliphatic carbocycles. The molecule has 0 radical (unpaired) electrons. The van der Waals surface area contributed by atoms with E-state index in [-0.39, 0.29) is 22.2 Å². The molecule has 12 nitrogen and oxygen atoms in total. The Bertz CT molecular complexity index is 976. The second-order valence-electron chi connectivity index (χ2n) is 6.25. The second-order valence-corrected chi connectivity index (χ2v) is 8.29. The van der Waals surface area contributed by atoms with E-state index in [9.17, 15) is 19.2 Å². The predicted octanol–water partition coefficient (Wildman–Crippen LogP) is -0.188. The Labute approximate surface area is 184 Å². The summed E-state index contributed by atoms with van der Waals surface area (Å²) in [6.45, 7) is 2.57. The number of thioether (sulfide) groups is 1. The van der Waals surface area contributed by atoms with E-state index in [0.29, 0.717) is 5.75 Å². The van der Waals surface area contributed by atoms with Crippen molar-refractivity contribution in [2.45, 2.75) is 31.6 Å². The number of nitrogen functional groups attached to an aromatic ring is 1. The molecule has 3 rings (SSSR count). The molecule has 0 spiro atoms. The molecule has 2 aliphatic heterocycles. The third kappa shape index (κ3) is 4.80. The van der Waals surface area contributed by atoms with Crippen LogP contribution in [0.1, 0.15) is 19.5 Å². The van der Waals surface area contributed by atoms with Gasteiger partial charge in [0.25, 0.3) is 11.8 Å². The van der Waals surface area contributed by atoms with Crippen molar-refractivity contribution >= 4 is 57.7 Å². The summed E-state index contributed by atoms with van der Waals surface area (Å²) in [6.07, 6.45) is 0.430. The molecule has 0 aromatic carbocycles. The maximum absolute atomic E-state index is 12.7. The van der Waals surface area contributed by atoms with Crippen LogP contribution in [0.5, 0.6) is 0 Å². The number of aromatic nitrogens is 1. The first-order valence-electron chi connectivity index (χ1n) is 8.89. The van der Waals surface area contributed by atoms with E-state index in [1.165, 1.54) is 49.1 Å². The molecule has 1 fully saturated rings. The summed E-state index contributed by atoms with van der Waals surface area (Å²) < 4.78 is 9.82. The molecule has 0 saturated carbocycles. The van der Waals surface area contributed by atoms with Crippen LogP contribution in [-0.2, 0) is 33.5 Å². The number of hydrogen-bond acceptors (Lipinski definition) is 12. The zero-order chi connectivity index (χ0) is 22.7. The minimum absolute atomic E-state index is 0.0244. The minimum Gasteiger partial charge on any atom is -0.426 e. The summed E-state index contributed by atoms with van der Waals surface area (Å²) in [6, 6.07) is -0.891. The first-order valence-corrected chi connectivity index (χ1v) is 10.8. The van der Waals surface area contributed by atoms with E-state index in [2.05, 4.69) is 15.5 Å². The summed E-state index contributed by atoms with van der Waals surface area (Å²) in [5, 5.41) is 7.55. The minimum atomic E-state index is -1.11. The zero-order valence-corrected chi connectivity index (χ0v) is 18.3. The first kappa shape index (κ1) is 22.6. The number of nitrogens with one attached hydrogen (secondary N) is 1. The van der Waals surface area contributed by atoms with E-state index < -0.39 is 41.5 Å². The largest absolute Gasteiger partial charge is 0.426 e. The van der Waals surface area contributed by atoms with Gasteiger partial charge in [0.05, 0.1) is 0 Å². The third-order valence-corrected chi connectivity index (χ3v) is 5.97. The number of carbonyl (C=O) groups is 4. The molecule has 166 valence electrons. The van der Waals surface area contributed by atoms with Gasteiger partial charge in [0.2, 0.25) is 6.29 Å². The number of ether oxygens (including phenoxy) is 2. The molecule has 3 atom stereocenters. The SMILES string of the molecule is CO/N=C(\C(=O)NC1C(=O)N2C(C(=O)OC(C)OC(C)=O)=CCS[C@H]12)c1csc(N)n1. The van der Waals surface area contributed by atoms with Crippen LogP contribution in [0.25, 0.3) is 0 Å². The number of oxime groups is 1. The summed E-state index contributed by atoms with van der Waals surface area (Å²) in [5.74, 6) is -2.17. The second kappa shape index (κ2) is 9.34. The lowest BCUT2D eigenvalue weighted by Gasteiger charge is -2.48. The standard InChI is InChI=1S/C17H19N5O7S2/c1-7(23)28-8(2)29-16(26)10-4-5-30-15-12(14(25)22(10)15)20-13(24)11(21-27-3)9-6-31-17(18)19-9/h4,6,8,12,15H,5H2,1-3H3,(H2,18,19)(H,20,24)/b21-11-/t8?,12?,15-/m1/s1. The van der Waals surface area contributed by atoms with Crippen LogP contribution in [0, 0.1) is 0 Å². The molecular formula is C17H19N5O7S2. The number of thiazole rings is 1. The summed E-state index contributed by atoms with van der Waals surface area (Å²) in [4.78, 5) is 58.7. The molecule has 0 bridgehead atoms. The molecule has 1 aromatic rings. The third-order valence-electron chi connectivity index (χ3n) is 4.11. The molecule has 1 saturated heterocycles. The highest BCUT2D eigenvalue weighted by Gasteiger charge is 2.53. The smallest absolute Gasteiger partial charge is 0.357 e. The van der Waals surface area contributed by atoms with Crippen molar-refractivity contribution in [3.8, 4) is 0 Å². The Morgan fingerprint density at radius 1 is 1.39 bits per heavy atom. The lowest BCUT2D eigenvalue weighted by molar-refractivity contribution is -0.182. The number of amides is 2. The molecule has 31 heavy (non-hydrogen) atoms. The molecule has 2 amide bonds. The van der Waals surface area contributed by atoms with E-state index in [1.807, 2.05) is 0 Å². The number of esters is 2. The van der Waals surface area contributed by atoms with E-state index in [4.69, 9.17) is 20.0 Å². The molecule has 2 unspecified atom stereocenters. The van der Waals surface area contributed by atoms with Crippen molar-refractivity contribution in [3.63, 3.8) is 0 Å².